The Morgan fingerprint density at radius 1 is 1.18 bits per heavy atom. The first-order valence-electron chi connectivity index (χ1n) is 6.54. The number of hydrogen-bond acceptors (Lipinski definition) is 5. The van der Waals surface area contributed by atoms with Crippen molar-refractivity contribution in [2.45, 2.75) is 0 Å². The molecule has 0 aliphatic rings. The number of imidazole rings is 1. The van der Waals surface area contributed by atoms with Crippen LogP contribution in [-0.4, -0.2) is 35.1 Å². The van der Waals surface area contributed by atoms with Crippen molar-refractivity contribution in [1.29, 1.82) is 0 Å². The Morgan fingerprint density at radius 2 is 1.91 bits per heavy atom. The maximum Gasteiger partial charge on any atom is 0.263 e. The van der Waals surface area contributed by atoms with Crippen LogP contribution in [0.4, 0.5) is 5.69 Å². The van der Waals surface area contributed by atoms with Crippen LogP contribution >= 0.6 is 0 Å². The van der Waals surface area contributed by atoms with Crippen LogP contribution in [-0.2, 0) is 0 Å². The van der Waals surface area contributed by atoms with Gasteiger partial charge in [0.05, 0.1) is 37.9 Å². The number of methoxy groups -OCH3 is 2. The summed E-state index contributed by atoms with van der Waals surface area (Å²) in [5.74, 6) is 0.537. The van der Waals surface area contributed by atoms with Gasteiger partial charge in [0.2, 0.25) is 0 Å². The number of carbonyl (C=O) groups excluding carboxylic acids is 1. The summed E-state index contributed by atoms with van der Waals surface area (Å²) < 4.78 is 10.5. The van der Waals surface area contributed by atoms with Crippen LogP contribution in [0.3, 0.4) is 0 Å². The van der Waals surface area contributed by atoms with Crippen LogP contribution in [0.2, 0.25) is 0 Å². The van der Waals surface area contributed by atoms with Crippen molar-refractivity contribution in [3.05, 3.63) is 42.4 Å². The molecule has 0 saturated heterocycles. The van der Waals surface area contributed by atoms with Crippen LogP contribution in [0.5, 0.6) is 11.5 Å². The minimum Gasteiger partial charge on any atom is -0.496 e. The van der Waals surface area contributed by atoms with E-state index in [9.17, 15) is 4.79 Å². The highest BCUT2D eigenvalue weighted by molar-refractivity contribution is 6.08. The Hall–Kier alpha value is -3.09. The van der Waals surface area contributed by atoms with Gasteiger partial charge in [-0.2, -0.15) is 0 Å². The predicted molar refractivity (Wildman–Crippen MR) is 81.4 cm³/mol. The van der Waals surface area contributed by atoms with Crippen molar-refractivity contribution in [3.63, 3.8) is 0 Å². The number of nitrogens with zero attached hydrogens (tertiary/aromatic N) is 2. The highest BCUT2D eigenvalue weighted by atomic mass is 16.5. The summed E-state index contributed by atoms with van der Waals surface area (Å²) in [6.07, 6.45) is 3.09. The lowest BCUT2D eigenvalue weighted by molar-refractivity contribution is 0.102. The van der Waals surface area contributed by atoms with Gasteiger partial charge in [-0.15, -0.1) is 0 Å². The second-order valence-corrected chi connectivity index (χ2v) is 4.49. The second kappa shape index (κ2) is 5.72. The van der Waals surface area contributed by atoms with Crippen molar-refractivity contribution >= 4 is 22.8 Å². The van der Waals surface area contributed by atoms with Crippen molar-refractivity contribution < 1.29 is 14.3 Å². The molecular weight excluding hydrogens is 284 g/mol. The van der Waals surface area contributed by atoms with E-state index in [4.69, 9.17) is 9.47 Å². The summed E-state index contributed by atoms with van der Waals surface area (Å²) in [5.41, 5.74) is 2.21. The molecule has 3 aromatic rings. The molecule has 2 N–H and O–H groups in total. The van der Waals surface area contributed by atoms with E-state index in [0.717, 1.165) is 5.52 Å². The number of ether oxygens (including phenoxy) is 2. The molecule has 2 heterocycles. The second-order valence-electron chi connectivity index (χ2n) is 4.49. The van der Waals surface area contributed by atoms with Gasteiger partial charge < -0.3 is 19.8 Å². The third-order valence-electron chi connectivity index (χ3n) is 3.19. The first-order valence-corrected chi connectivity index (χ1v) is 6.54. The monoisotopic (exact) mass is 298 g/mol. The predicted octanol–water partition coefficient (Wildman–Crippen LogP) is 2.23. The molecule has 112 valence electrons. The molecule has 0 aliphatic heterocycles. The number of amides is 1. The van der Waals surface area contributed by atoms with Crippen molar-refractivity contribution in [3.8, 4) is 11.5 Å². The molecule has 0 fully saturated rings. The largest absolute Gasteiger partial charge is 0.496 e. The van der Waals surface area contributed by atoms with E-state index in [1.807, 2.05) is 0 Å². The fourth-order valence-corrected chi connectivity index (χ4v) is 2.17. The van der Waals surface area contributed by atoms with Gasteiger partial charge in [-0.1, -0.05) is 6.07 Å². The van der Waals surface area contributed by atoms with Crippen LogP contribution in [0.15, 0.2) is 36.8 Å². The smallest absolute Gasteiger partial charge is 0.263 e. The minimum atomic E-state index is -0.338. The van der Waals surface area contributed by atoms with E-state index in [2.05, 4.69) is 20.3 Å². The molecule has 0 aliphatic carbocycles. The molecule has 0 radical (unpaired) electrons. The molecule has 0 bridgehead atoms. The molecule has 0 saturated carbocycles. The Morgan fingerprint density at radius 3 is 2.59 bits per heavy atom. The lowest BCUT2D eigenvalue weighted by Crippen LogP contribution is -2.14. The maximum absolute atomic E-state index is 12.5. The normalized spacial score (nSPS) is 10.5. The summed E-state index contributed by atoms with van der Waals surface area (Å²) in [6, 6.07) is 6.92. The SMILES string of the molecule is COc1cccc(OC)c1C(=O)Nc1cnc2nc[nH]c2c1. The number of anilines is 1. The van der Waals surface area contributed by atoms with E-state index in [1.165, 1.54) is 14.2 Å². The van der Waals surface area contributed by atoms with Gasteiger partial charge in [0.15, 0.2) is 5.65 Å². The zero-order chi connectivity index (χ0) is 15.5. The van der Waals surface area contributed by atoms with Crippen LogP contribution in [0.25, 0.3) is 11.2 Å². The molecule has 0 atom stereocenters. The highest BCUT2D eigenvalue weighted by Gasteiger charge is 2.18. The number of aromatic nitrogens is 3. The van der Waals surface area contributed by atoms with Gasteiger partial charge in [-0.25, -0.2) is 9.97 Å². The molecule has 3 rings (SSSR count). The number of carbonyl (C=O) groups is 1. The zero-order valence-electron chi connectivity index (χ0n) is 12.1. The average Bonchev–Trinajstić information content (AvgIpc) is 3.01. The molecule has 0 unspecified atom stereocenters. The number of nitrogens with one attached hydrogen (secondary N) is 2. The van der Waals surface area contributed by atoms with E-state index in [-0.39, 0.29) is 5.91 Å². The summed E-state index contributed by atoms with van der Waals surface area (Å²) in [6.45, 7) is 0. The van der Waals surface area contributed by atoms with Crippen molar-refractivity contribution in [2.75, 3.05) is 19.5 Å². The van der Waals surface area contributed by atoms with Crippen LogP contribution in [0, 0.1) is 0 Å². The molecule has 1 aromatic carbocycles. The lowest BCUT2D eigenvalue weighted by atomic mass is 10.1. The van der Waals surface area contributed by atoms with Crippen molar-refractivity contribution in [1.82, 2.24) is 15.0 Å². The minimum absolute atomic E-state index is 0.331. The number of pyridine rings is 1. The quantitative estimate of drug-likeness (QED) is 0.771. The highest BCUT2D eigenvalue weighted by Crippen LogP contribution is 2.29. The topological polar surface area (TPSA) is 89.1 Å². The standard InChI is InChI=1S/C15H14N4O3/c1-21-11-4-3-5-12(22-2)13(11)15(20)19-9-6-10-14(16-7-9)18-8-17-10/h3-8H,1-2H3,(H,19,20)(H,16,17,18). The van der Waals surface area contributed by atoms with Gasteiger partial charge >= 0.3 is 0 Å². The molecule has 7 nitrogen and oxygen atoms in total. The number of benzene rings is 1. The third kappa shape index (κ3) is 2.44. The molecule has 7 heteroatoms. The Bertz CT molecular complexity index is 806. The van der Waals surface area contributed by atoms with Gasteiger partial charge in [-0.3, -0.25) is 4.79 Å². The Kier molecular flexibility index (Phi) is 3.61. The first-order chi connectivity index (χ1) is 10.7. The number of rotatable bonds is 4. The van der Waals surface area contributed by atoms with Gasteiger partial charge in [0.1, 0.15) is 17.1 Å². The summed E-state index contributed by atoms with van der Waals surface area (Å²) in [7, 11) is 3.01. The summed E-state index contributed by atoms with van der Waals surface area (Å²) >= 11 is 0. The molecule has 1 amide bonds. The number of aromatic amines is 1. The summed E-state index contributed by atoms with van der Waals surface area (Å²) in [5, 5.41) is 2.78. The molecule has 0 spiro atoms. The van der Waals surface area contributed by atoms with E-state index in [0.29, 0.717) is 28.4 Å². The number of hydrogen-bond donors (Lipinski definition) is 2. The van der Waals surface area contributed by atoms with Crippen LogP contribution < -0.4 is 14.8 Å². The zero-order valence-corrected chi connectivity index (χ0v) is 12.1. The average molecular weight is 298 g/mol. The lowest BCUT2D eigenvalue weighted by Gasteiger charge is -2.12. The third-order valence-corrected chi connectivity index (χ3v) is 3.19. The molecule has 22 heavy (non-hydrogen) atoms. The first kappa shape index (κ1) is 13.9. The fourth-order valence-electron chi connectivity index (χ4n) is 2.17. The Balaban J connectivity index is 1.94. The maximum atomic E-state index is 12.5. The molecule has 2 aromatic heterocycles. The van der Waals surface area contributed by atoms with E-state index in [1.54, 1.807) is 36.8 Å². The van der Waals surface area contributed by atoms with Gasteiger partial charge in [0, 0.05) is 0 Å². The number of fused-ring (bicyclic) bond motifs is 1. The van der Waals surface area contributed by atoms with E-state index < -0.39 is 0 Å². The fraction of sp³-hybridized carbons (Fsp3) is 0.133. The Labute approximate surface area is 126 Å². The summed E-state index contributed by atoms with van der Waals surface area (Å²) in [4.78, 5) is 23.7. The van der Waals surface area contributed by atoms with Crippen LogP contribution in [0.1, 0.15) is 10.4 Å². The molecular formula is C15H14N4O3. The van der Waals surface area contributed by atoms with Gasteiger partial charge in [0.25, 0.3) is 5.91 Å². The number of H-pyrrole nitrogens is 1. The van der Waals surface area contributed by atoms with Crippen molar-refractivity contribution in [2.24, 2.45) is 0 Å². The van der Waals surface area contributed by atoms with E-state index >= 15 is 0 Å². The van der Waals surface area contributed by atoms with Gasteiger partial charge in [-0.05, 0) is 18.2 Å².